The number of hydrogen-bond donors (Lipinski definition) is 1. The number of nitrogens with one attached hydrogen (secondary N) is 1. The monoisotopic (exact) mass is 401 g/mol. The van der Waals surface area contributed by atoms with Crippen LogP contribution in [0.25, 0.3) is 0 Å². The van der Waals surface area contributed by atoms with Gasteiger partial charge in [0.2, 0.25) is 5.91 Å². The van der Waals surface area contributed by atoms with Crippen molar-refractivity contribution in [2.45, 2.75) is 57.4 Å². The van der Waals surface area contributed by atoms with Crippen LogP contribution in [-0.2, 0) is 9.53 Å². The summed E-state index contributed by atoms with van der Waals surface area (Å²) in [6.45, 7) is 4.63. The van der Waals surface area contributed by atoms with E-state index in [1.165, 1.54) is 19.3 Å². The van der Waals surface area contributed by atoms with E-state index in [4.69, 9.17) is 4.74 Å². The van der Waals surface area contributed by atoms with Crippen LogP contribution in [0.4, 0.5) is 11.6 Å². The van der Waals surface area contributed by atoms with Gasteiger partial charge in [0.1, 0.15) is 18.0 Å². The summed E-state index contributed by atoms with van der Waals surface area (Å²) in [6.07, 6.45) is 10.3. The average Bonchev–Trinajstić information content (AvgIpc) is 3.57. The fourth-order valence-corrected chi connectivity index (χ4v) is 4.61. The minimum atomic E-state index is 0.330. The number of nitrogens with zero attached hydrogens (tertiary/aromatic N) is 4. The van der Waals surface area contributed by atoms with Gasteiger partial charge in [-0.05, 0) is 56.8 Å². The maximum Gasteiger partial charge on any atom is 0.222 e. The summed E-state index contributed by atoms with van der Waals surface area (Å²) in [5.74, 6) is 3.46. The molecule has 1 N–H and O–H groups in total. The summed E-state index contributed by atoms with van der Waals surface area (Å²) in [6, 6.07) is 2.67. The third-order valence-electron chi connectivity index (χ3n) is 6.56. The van der Waals surface area contributed by atoms with Crippen LogP contribution in [0.2, 0.25) is 0 Å². The van der Waals surface area contributed by atoms with Crippen LogP contribution in [0.5, 0.6) is 0 Å². The van der Waals surface area contributed by atoms with Crippen LogP contribution in [0.15, 0.2) is 12.4 Å². The molecule has 1 saturated carbocycles. The Kier molecular flexibility index (Phi) is 6.85. The van der Waals surface area contributed by atoms with Gasteiger partial charge in [-0.3, -0.25) is 4.79 Å². The van der Waals surface area contributed by atoms with Gasteiger partial charge >= 0.3 is 0 Å². The molecule has 0 bridgehead atoms. The van der Waals surface area contributed by atoms with Crippen molar-refractivity contribution in [2.75, 3.05) is 50.1 Å². The molecule has 0 unspecified atom stereocenters. The second-order valence-corrected chi connectivity index (χ2v) is 8.95. The number of carbonyl (C=O) groups excluding carboxylic acids is 1. The first-order chi connectivity index (χ1) is 14.2. The fraction of sp³-hybridized carbons (Fsp3) is 0.773. The molecule has 160 valence electrons. The van der Waals surface area contributed by atoms with Gasteiger partial charge in [-0.1, -0.05) is 0 Å². The van der Waals surface area contributed by atoms with E-state index in [1.54, 1.807) is 13.4 Å². The highest BCUT2D eigenvalue weighted by molar-refractivity contribution is 5.76. The molecule has 1 aliphatic carbocycles. The van der Waals surface area contributed by atoms with Gasteiger partial charge in [0.05, 0.1) is 0 Å². The van der Waals surface area contributed by atoms with Gasteiger partial charge in [0, 0.05) is 58.4 Å². The Bertz CT molecular complexity index is 673. The molecule has 0 radical (unpaired) electrons. The van der Waals surface area contributed by atoms with Crippen LogP contribution in [0.1, 0.15) is 51.4 Å². The van der Waals surface area contributed by atoms with Crippen LogP contribution in [-0.4, -0.2) is 66.7 Å². The van der Waals surface area contributed by atoms with Crippen molar-refractivity contribution < 1.29 is 9.53 Å². The lowest BCUT2D eigenvalue weighted by molar-refractivity contribution is -0.133. The minimum Gasteiger partial charge on any atom is -0.384 e. The second-order valence-electron chi connectivity index (χ2n) is 8.95. The lowest BCUT2D eigenvalue weighted by Crippen LogP contribution is -2.40. The van der Waals surface area contributed by atoms with E-state index in [9.17, 15) is 4.79 Å². The number of likely N-dealkylation sites (tertiary alicyclic amines) is 1. The molecule has 3 aliphatic rings. The molecule has 1 amide bonds. The number of hydrogen-bond acceptors (Lipinski definition) is 6. The number of ether oxygens (including phenoxy) is 1. The predicted molar refractivity (Wildman–Crippen MR) is 114 cm³/mol. The van der Waals surface area contributed by atoms with E-state index in [-0.39, 0.29) is 0 Å². The van der Waals surface area contributed by atoms with Gasteiger partial charge in [-0.25, -0.2) is 9.97 Å². The Labute approximate surface area is 174 Å². The Hall–Kier alpha value is -1.89. The number of piperidine rings is 2. The van der Waals surface area contributed by atoms with Crippen molar-refractivity contribution in [1.82, 2.24) is 14.9 Å². The van der Waals surface area contributed by atoms with Crippen molar-refractivity contribution in [3.05, 3.63) is 12.4 Å². The lowest BCUT2D eigenvalue weighted by atomic mass is 9.92. The summed E-state index contributed by atoms with van der Waals surface area (Å²) < 4.78 is 5.26. The molecular weight excluding hydrogens is 366 g/mol. The molecule has 1 aromatic heterocycles. The lowest BCUT2D eigenvalue weighted by Gasteiger charge is -2.35. The largest absolute Gasteiger partial charge is 0.384 e. The standard InChI is InChI=1S/C22H35N5O2/c1-29-15-18-8-11-26(12-9-18)22(28)7-4-17-3-2-10-27(14-17)21-13-20(23-16-24-21)25-19-5-6-19/h13,16-19H,2-12,14-15H2,1H3,(H,23,24,25)/t17-/m1/s1. The van der Waals surface area contributed by atoms with Crippen LogP contribution < -0.4 is 10.2 Å². The van der Waals surface area contributed by atoms with Gasteiger partial charge < -0.3 is 19.9 Å². The molecule has 0 spiro atoms. The van der Waals surface area contributed by atoms with E-state index >= 15 is 0 Å². The highest BCUT2D eigenvalue weighted by atomic mass is 16.5. The van der Waals surface area contributed by atoms with E-state index < -0.39 is 0 Å². The molecule has 7 heteroatoms. The molecule has 0 aromatic carbocycles. The van der Waals surface area contributed by atoms with E-state index in [2.05, 4.69) is 31.2 Å². The number of rotatable bonds is 8. The van der Waals surface area contributed by atoms with Crippen LogP contribution >= 0.6 is 0 Å². The normalized spacial score (nSPS) is 23.3. The number of anilines is 2. The van der Waals surface area contributed by atoms with Gasteiger partial charge in [0.25, 0.3) is 0 Å². The van der Waals surface area contributed by atoms with Crippen molar-refractivity contribution in [3.63, 3.8) is 0 Å². The van der Waals surface area contributed by atoms with Crippen molar-refractivity contribution >= 4 is 17.5 Å². The van der Waals surface area contributed by atoms with E-state index in [0.717, 1.165) is 70.1 Å². The fourth-order valence-electron chi connectivity index (χ4n) is 4.61. The van der Waals surface area contributed by atoms with E-state index in [0.29, 0.717) is 30.2 Å². The highest BCUT2D eigenvalue weighted by Crippen LogP contribution is 2.28. The number of carbonyl (C=O) groups is 1. The summed E-state index contributed by atoms with van der Waals surface area (Å²) in [7, 11) is 1.76. The summed E-state index contributed by atoms with van der Waals surface area (Å²) in [5.41, 5.74) is 0. The predicted octanol–water partition coefficient (Wildman–Crippen LogP) is 2.93. The first kappa shape index (κ1) is 20.4. The molecule has 4 rings (SSSR count). The topological polar surface area (TPSA) is 70.6 Å². The Balaban J connectivity index is 1.23. The maximum absolute atomic E-state index is 12.7. The van der Waals surface area contributed by atoms with Crippen LogP contribution in [0, 0.1) is 11.8 Å². The molecule has 3 fully saturated rings. The molecule has 29 heavy (non-hydrogen) atoms. The van der Waals surface area contributed by atoms with Gasteiger partial charge in [0.15, 0.2) is 0 Å². The Morgan fingerprint density at radius 1 is 1.14 bits per heavy atom. The van der Waals surface area contributed by atoms with Crippen molar-refractivity contribution in [1.29, 1.82) is 0 Å². The maximum atomic E-state index is 12.7. The molecule has 1 atom stereocenters. The quantitative estimate of drug-likeness (QED) is 0.722. The average molecular weight is 402 g/mol. The second kappa shape index (κ2) is 9.74. The first-order valence-electron chi connectivity index (χ1n) is 11.3. The zero-order chi connectivity index (χ0) is 20.1. The molecule has 2 saturated heterocycles. The minimum absolute atomic E-state index is 0.330. The Morgan fingerprint density at radius 2 is 1.97 bits per heavy atom. The number of aromatic nitrogens is 2. The van der Waals surface area contributed by atoms with Gasteiger partial charge in [-0.2, -0.15) is 0 Å². The summed E-state index contributed by atoms with van der Waals surface area (Å²) in [4.78, 5) is 26.0. The Morgan fingerprint density at radius 3 is 2.72 bits per heavy atom. The molecule has 7 nitrogen and oxygen atoms in total. The molecule has 1 aromatic rings. The molecule has 3 heterocycles. The smallest absolute Gasteiger partial charge is 0.222 e. The van der Waals surface area contributed by atoms with Crippen molar-refractivity contribution in [2.24, 2.45) is 11.8 Å². The van der Waals surface area contributed by atoms with Crippen LogP contribution in [0.3, 0.4) is 0 Å². The zero-order valence-electron chi connectivity index (χ0n) is 17.7. The number of amides is 1. The van der Waals surface area contributed by atoms with Crippen molar-refractivity contribution in [3.8, 4) is 0 Å². The van der Waals surface area contributed by atoms with Gasteiger partial charge in [-0.15, -0.1) is 0 Å². The first-order valence-corrected chi connectivity index (χ1v) is 11.3. The zero-order valence-corrected chi connectivity index (χ0v) is 17.7. The van der Waals surface area contributed by atoms with E-state index in [1.807, 2.05) is 0 Å². The molecular formula is C22H35N5O2. The summed E-state index contributed by atoms with van der Waals surface area (Å²) in [5, 5.41) is 3.46. The third-order valence-corrected chi connectivity index (χ3v) is 6.56. The molecule has 2 aliphatic heterocycles. The SMILES string of the molecule is COCC1CCN(C(=O)CC[C@H]2CCCN(c3cc(NC4CC4)ncn3)C2)CC1. The summed E-state index contributed by atoms with van der Waals surface area (Å²) >= 11 is 0. The number of methoxy groups -OCH3 is 1. The third kappa shape index (κ3) is 5.81. The highest BCUT2D eigenvalue weighted by Gasteiger charge is 2.26.